The Labute approximate surface area is 80.8 Å². The van der Waals surface area contributed by atoms with Crippen LogP contribution < -0.4 is 0 Å². The van der Waals surface area contributed by atoms with Gasteiger partial charge in [0.15, 0.2) is 0 Å². The summed E-state index contributed by atoms with van der Waals surface area (Å²) in [5.74, 6) is 4.05. The molecule has 0 radical (unpaired) electrons. The minimum atomic E-state index is 0.306. The molecule has 0 aromatic rings. The van der Waals surface area contributed by atoms with Crippen molar-refractivity contribution < 1.29 is 4.74 Å². The molecule has 0 heterocycles. The predicted octanol–water partition coefficient (Wildman–Crippen LogP) is 2.85. The van der Waals surface area contributed by atoms with Gasteiger partial charge in [0.05, 0.1) is 5.60 Å². The molecule has 74 valence electrons. The van der Waals surface area contributed by atoms with Crippen molar-refractivity contribution in [3.8, 4) is 0 Å². The monoisotopic (exact) mass is 180 g/mol. The van der Waals surface area contributed by atoms with E-state index in [0.717, 1.165) is 23.7 Å². The second kappa shape index (κ2) is 2.50. The Morgan fingerprint density at radius 3 is 2.69 bits per heavy atom. The quantitative estimate of drug-likeness (QED) is 0.603. The third-order valence-electron chi connectivity index (χ3n) is 4.92. The van der Waals surface area contributed by atoms with Crippen LogP contribution in [0, 0.1) is 23.7 Å². The van der Waals surface area contributed by atoms with Crippen LogP contribution in [0.2, 0.25) is 0 Å². The molecule has 0 aromatic heterocycles. The van der Waals surface area contributed by atoms with E-state index < -0.39 is 0 Å². The SMILES string of the molecule is COC12CC(C)CC3CC(C1)C3C2. The first-order valence-electron chi connectivity index (χ1n) is 5.77. The number of hydrogen-bond donors (Lipinski definition) is 0. The van der Waals surface area contributed by atoms with Crippen molar-refractivity contribution >= 4 is 0 Å². The molecule has 13 heavy (non-hydrogen) atoms. The highest BCUT2D eigenvalue weighted by Gasteiger charge is 2.56. The first-order valence-corrected chi connectivity index (χ1v) is 5.77. The summed E-state index contributed by atoms with van der Waals surface area (Å²) >= 11 is 0. The van der Waals surface area contributed by atoms with Crippen molar-refractivity contribution in [2.24, 2.45) is 23.7 Å². The van der Waals surface area contributed by atoms with Gasteiger partial charge in [0.1, 0.15) is 0 Å². The summed E-state index contributed by atoms with van der Waals surface area (Å²) in [6.45, 7) is 2.41. The molecule has 5 atom stereocenters. The summed E-state index contributed by atoms with van der Waals surface area (Å²) in [6, 6.07) is 0. The standard InChI is InChI=1S/C12H20O/c1-8-3-9-4-10-6-12(5-8,13-2)7-11(9)10/h8-11H,3-7H2,1-2H3. The second-order valence-electron chi connectivity index (χ2n) is 5.76. The largest absolute Gasteiger partial charge is 0.378 e. The third kappa shape index (κ3) is 1.03. The molecule has 3 rings (SSSR count). The fourth-order valence-electron chi connectivity index (χ4n) is 4.41. The maximum absolute atomic E-state index is 5.82. The highest BCUT2D eigenvalue weighted by molar-refractivity contribution is 5.07. The Morgan fingerprint density at radius 2 is 1.92 bits per heavy atom. The zero-order chi connectivity index (χ0) is 9.05. The average Bonchev–Trinajstić information content (AvgIpc) is 2.29. The second-order valence-corrected chi connectivity index (χ2v) is 5.76. The van der Waals surface area contributed by atoms with Crippen molar-refractivity contribution in [2.75, 3.05) is 7.11 Å². The van der Waals surface area contributed by atoms with Gasteiger partial charge in [0, 0.05) is 7.11 Å². The van der Waals surface area contributed by atoms with Crippen LogP contribution in [-0.2, 0) is 4.74 Å². The maximum atomic E-state index is 5.82. The Morgan fingerprint density at radius 1 is 1.08 bits per heavy atom. The van der Waals surface area contributed by atoms with Gasteiger partial charge in [0.2, 0.25) is 0 Å². The highest BCUT2D eigenvalue weighted by atomic mass is 16.5. The third-order valence-corrected chi connectivity index (χ3v) is 4.92. The van der Waals surface area contributed by atoms with Crippen molar-refractivity contribution in [1.29, 1.82) is 0 Å². The number of fused-ring (bicyclic) bond motifs is 1. The van der Waals surface area contributed by atoms with Crippen molar-refractivity contribution in [3.63, 3.8) is 0 Å². The van der Waals surface area contributed by atoms with Crippen LogP contribution in [0.1, 0.15) is 39.0 Å². The van der Waals surface area contributed by atoms with Crippen molar-refractivity contribution in [2.45, 2.75) is 44.6 Å². The molecule has 3 aliphatic rings. The Kier molecular flexibility index (Phi) is 1.59. The van der Waals surface area contributed by atoms with Gasteiger partial charge < -0.3 is 4.74 Å². The first-order chi connectivity index (χ1) is 6.22. The van der Waals surface area contributed by atoms with Crippen LogP contribution in [0.25, 0.3) is 0 Å². The minimum absolute atomic E-state index is 0.306. The van der Waals surface area contributed by atoms with Crippen molar-refractivity contribution in [1.82, 2.24) is 0 Å². The summed E-state index contributed by atoms with van der Waals surface area (Å²) < 4.78 is 5.82. The molecule has 1 nitrogen and oxygen atoms in total. The molecule has 3 saturated carbocycles. The molecule has 0 N–H and O–H groups in total. The molecule has 3 fully saturated rings. The number of rotatable bonds is 1. The molecule has 0 saturated heterocycles. The van der Waals surface area contributed by atoms with E-state index in [9.17, 15) is 0 Å². The number of hydrogen-bond acceptors (Lipinski definition) is 1. The van der Waals surface area contributed by atoms with Gasteiger partial charge >= 0.3 is 0 Å². The van der Waals surface area contributed by atoms with E-state index in [2.05, 4.69) is 6.92 Å². The summed E-state index contributed by atoms with van der Waals surface area (Å²) in [7, 11) is 1.93. The van der Waals surface area contributed by atoms with E-state index >= 15 is 0 Å². The van der Waals surface area contributed by atoms with E-state index in [1.807, 2.05) is 7.11 Å². The van der Waals surface area contributed by atoms with Gasteiger partial charge in [-0.25, -0.2) is 0 Å². The van der Waals surface area contributed by atoms with E-state index in [-0.39, 0.29) is 0 Å². The van der Waals surface area contributed by atoms with Gasteiger partial charge in [0.25, 0.3) is 0 Å². The smallest absolute Gasteiger partial charge is 0.0687 e. The molecule has 5 unspecified atom stereocenters. The molecule has 2 bridgehead atoms. The summed E-state index contributed by atoms with van der Waals surface area (Å²) in [6.07, 6.45) is 7.07. The fourth-order valence-corrected chi connectivity index (χ4v) is 4.41. The zero-order valence-electron chi connectivity index (χ0n) is 8.75. The predicted molar refractivity (Wildman–Crippen MR) is 52.5 cm³/mol. The van der Waals surface area contributed by atoms with E-state index in [4.69, 9.17) is 4.74 Å². The maximum Gasteiger partial charge on any atom is 0.0687 e. The van der Waals surface area contributed by atoms with Gasteiger partial charge in [-0.1, -0.05) is 6.92 Å². The lowest BCUT2D eigenvalue weighted by Crippen LogP contribution is -2.35. The highest BCUT2D eigenvalue weighted by Crippen LogP contribution is 2.61. The van der Waals surface area contributed by atoms with Gasteiger partial charge in [-0.15, -0.1) is 0 Å². The minimum Gasteiger partial charge on any atom is -0.378 e. The first kappa shape index (κ1) is 8.28. The topological polar surface area (TPSA) is 9.23 Å². The van der Waals surface area contributed by atoms with Gasteiger partial charge in [-0.05, 0) is 55.8 Å². The molecule has 3 aliphatic carbocycles. The number of ether oxygens (including phenoxy) is 1. The molecule has 0 aromatic carbocycles. The Balaban J connectivity index is 1.89. The van der Waals surface area contributed by atoms with Crippen LogP contribution in [0.5, 0.6) is 0 Å². The van der Waals surface area contributed by atoms with Crippen LogP contribution in [0.3, 0.4) is 0 Å². The van der Waals surface area contributed by atoms with E-state index in [1.54, 1.807) is 0 Å². The molecular formula is C12H20O. The lowest BCUT2D eigenvalue weighted by Gasteiger charge is -2.42. The normalized spacial score (nSPS) is 58.6. The van der Waals surface area contributed by atoms with Crippen LogP contribution in [0.15, 0.2) is 0 Å². The summed E-state index contributed by atoms with van der Waals surface area (Å²) in [5.41, 5.74) is 0.306. The van der Waals surface area contributed by atoms with Gasteiger partial charge in [-0.2, -0.15) is 0 Å². The molecule has 0 amide bonds. The Bertz CT molecular complexity index is 221. The molecule has 1 heteroatoms. The lowest BCUT2D eigenvalue weighted by molar-refractivity contribution is -0.0275. The number of methoxy groups -OCH3 is 1. The fraction of sp³-hybridized carbons (Fsp3) is 1.00. The summed E-state index contributed by atoms with van der Waals surface area (Å²) in [5, 5.41) is 0. The molecule has 0 aliphatic heterocycles. The van der Waals surface area contributed by atoms with Gasteiger partial charge in [-0.3, -0.25) is 0 Å². The molecule has 0 spiro atoms. The van der Waals surface area contributed by atoms with Crippen LogP contribution >= 0.6 is 0 Å². The average molecular weight is 180 g/mol. The van der Waals surface area contributed by atoms with E-state index in [1.165, 1.54) is 32.1 Å². The van der Waals surface area contributed by atoms with Crippen molar-refractivity contribution in [3.05, 3.63) is 0 Å². The van der Waals surface area contributed by atoms with Crippen LogP contribution in [-0.4, -0.2) is 12.7 Å². The van der Waals surface area contributed by atoms with E-state index in [0.29, 0.717) is 5.60 Å². The Hall–Kier alpha value is -0.0400. The van der Waals surface area contributed by atoms with Crippen LogP contribution in [0.4, 0.5) is 0 Å². The summed E-state index contributed by atoms with van der Waals surface area (Å²) in [4.78, 5) is 0. The molecular weight excluding hydrogens is 160 g/mol. The lowest BCUT2D eigenvalue weighted by atomic mass is 9.63. The zero-order valence-corrected chi connectivity index (χ0v) is 8.75.